The second kappa shape index (κ2) is 5.04. The monoisotopic (exact) mass is 239 g/mol. The van der Waals surface area contributed by atoms with Crippen LogP contribution in [0.2, 0.25) is 0 Å². The molecule has 0 aromatic heterocycles. The Bertz CT molecular complexity index is 318. The van der Waals surface area contributed by atoms with Gasteiger partial charge in [-0.15, -0.1) is 0 Å². The van der Waals surface area contributed by atoms with Gasteiger partial charge in [0.2, 0.25) is 0 Å². The molecule has 0 aromatic rings. The van der Waals surface area contributed by atoms with Crippen LogP contribution in [0.25, 0.3) is 0 Å². The quantitative estimate of drug-likeness (QED) is 0.675. The van der Waals surface area contributed by atoms with Gasteiger partial charge < -0.3 is 9.47 Å². The molecule has 0 aliphatic carbocycles. The molecular formula is C12H17NO4. The lowest BCUT2D eigenvalue weighted by Gasteiger charge is -2.49. The van der Waals surface area contributed by atoms with Gasteiger partial charge in [0.1, 0.15) is 12.0 Å². The summed E-state index contributed by atoms with van der Waals surface area (Å²) in [5, 5.41) is 0. The Hall–Kier alpha value is -1.10. The molecule has 0 saturated carbocycles. The summed E-state index contributed by atoms with van der Waals surface area (Å²) in [7, 11) is 0. The van der Waals surface area contributed by atoms with Crippen molar-refractivity contribution in [2.24, 2.45) is 5.92 Å². The van der Waals surface area contributed by atoms with Gasteiger partial charge in [-0.05, 0) is 19.8 Å². The number of carbonyl (C=O) groups is 2. The van der Waals surface area contributed by atoms with Crippen molar-refractivity contribution in [2.45, 2.75) is 38.8 Å². The Morgan fingerprint density at radius 2 is 2.24 bits per heavy atom. The van der Waals surface area contributed by atoms with Crippen LogP contribution < -0.4 is 0 Å². The van der Waals surface area contributed by atoms with E-state index in [9.17, 15) is 9.59 Å². The van der Waals surface area contributed by atoms with Crippen LogP contribution in [-0.2, 0) is 19.1 Å². The number of piperidine rings is 1. The van der Waals surface area contributed by atoms with E-state index in [1.165, 1.54) is 6.92 Å². The van der Waals surface area contributed by atoms with Crippen LogP contribution in [0.3, 0.4) is 0 Å². The zero-order valence-electron chi connectivity index (χ0n) is 10.1. The van der Waals surface area contributed by atoms with Crippen molar-refractivity contribution < 1.29 is 19.1 Å². The molecular weight excluding hydrogens is 222 g/mol. The molecule has 0 spiro atoms. The molecule has 2 radical (unpaired) electrons. The SMILES string of the molecule is CCOC(=O)C1C(OC(C)=O)CCN2[C]CC12. The van der Waals surface area contributed by atoms with E-state index in [-0.39, 0.29) is 30.0 Å². The number of carbonyl (C=O) groups excluding carboxylic acids is 2. The number of fused-ring (bicyclic) bond motifs is 1. The molecule has 5 heteroatoms. The van der Waals surface area contributed by atoms with Crippen LogP contribution in [0.4, 0.5) is 0 Å². The molecule has 2 rings (SSSR count). The zero-order valence-corrected chi connectivity index (χ0v) is 10.1. The minimum absolute atomic E-state index is 0.0900. The van der Waals surface area contributed by atoms with Gasteiger partial charge in [-0.25, -0.2) is 0 Å². The van der Waals surface area contributed by atoms with Crippen molar-refractivity contribution in [1.29, 1.82) is 0 Å². The number of rotatable bonds is 3. The molecule has 0 bridgehead atoms. The summed E-state index contributed by atoms with van der Waals surface area (Å²) in [5.74, 6) is -0.978. The molecule has 94 valence electrons. The fourth-order valence-corrected chi connectivity index (χ4v) is 2.48. The van der Waals surface area contributed by atoms with Crippen LogP contribution in [0.15, 0.2) is 0 Å². The fourth-order valence-electron chi connectivity index (χ4n) is 2.48. The molecule has 5 nitrogen and oxygen atoms in total. The third kappa shape index (κ3) is 2.44. The summed E-state index contributed by atoms with van der Waals surface area (Å²) in [6.45, 7) is 7.42. The fraction of sp³-hybridized carbons (Fsp3) is 0.750. The first-order chi connectivity index (χ1) is 8.13. The van der Waals surface area contributed by atoms with Crippen molar-refractivity contribution >= 4 is 11.9 Å². The molecule has 0 aromatic carbocycles. The van der Waals surface area contributed by atoms with Gasteiger partial charge in [-0.1, -0.05) is 0 Å². The van der Waals surface area contributed by atoms with Crippen molar-refractivity contribution in [3.8, 4) is 0 Å². The Balaban J connectivity index is 2.07. The topological polar surface area (TPSA) is 55.8 Å². The third-order valence-corrected chi connectivity index (χ3v) is 3.25. The van der Waals surface area contributed by atoms with Gasteiger partial charge in [0.25, 0.3) is 0 Å². The number of hydrogen-bond acceptors (Lipinski definition) is 5. The van der Waals surface area contributed by atoms with Gasteiger partial charge in [-0.3, -0.25) is 14.5 Å². The van der Waals surface area contributed by atoms with E-state index < -0.39 is 0 Å². The molecule has 0 N–H and O–H groups in total. The van der Waals surface area contributed by atoms with Crippen molar-refractivity contribution in [1.82, 2.24) is 4.90 Å². The van der Waals surface area contributed by atoms with Crippen LogP contribution in [0.5, 0.6) is 0 Å². The van der Waals surface area contributed by atoms with Crippen LogP contribution in [-0.4, -0.2) is 42.1 Å². The normalized spacial score (nSPS) is 32.2. The highest BCUT2D eigenvalue weighted by Gasteiger charge is 2.49. The average molecular weight is 239 g/mol. The highest BCUT2D eigenvalue weighted by molar-refractivity contribution is 5.75. The Labute approximate surface area is 101 Å². The molecule has 3 unspecified atom stereocenters. The summed E-state index contributed by atoms with van der Waals surface area (Å²) in [6.07, 6.45) is 1.04. The molecule has 2 heterocycles. The third-order valence-electron chi connectivity index (χ3n) is 3.25. The summed E-state index contributed by atoms with van der Waals surface area (Å²) in [4.78, 5) is 25.0. The van der Waals surface area contributed by atoms with Gasteiger partial charge in [0.05, 0.1) is 13.2 Å². The highest BCUT2D eigenvalue weighted by Crippen LogP contribution is 2.37. The van der Waals surface area contributed by atoms with E-state index in [0.717, 1.165) is 13.0 Å². The van der Waals surface area contributed by atoms with Crippen molar-refractivity contribution in [2.75, 3.05) is 13.2 Å². The maximum absolute atomic E-state index is 11.9. The van der Waals surface area contributed by atoms with Crippen molar-refractivity contribution in [3.63, 3.8) is 0 Å². The summed E-state index contributed by atoms with van der Waals surface area (Å²) in [5.41, 5.74) is 0. The van der Waals surface area contributed by atoms with Crippen LogP contribution >= 0.6 is 0 Å². The van der Waals surface area contributed by atoms with Crippen LogP contribution in [0.1, 0.15) is 26.7 Å². The second-order valence-electron chi connectivity index (χ2n) is 4.34. The standard InChI is InChI=1S/C12H17NO4/c1-3-16-12(15)11-9-4-6-13(9)7-5-10(11)17-8(2)14/h9-11H,3-5,7H2,1-2H3. The minimum atomic E-state index is -0.367. The highest BCUT2D eigenvalue weighted by atomic mass is 16.6. The first-order valence-corrected chi connectivity index (χ1v) is 5.97. The zero-order chi connectivity index (χ0) is 12.4. The molecule has 3 atom stereocenters. The number of esters is 2. The summed E-state index contributed by atoms with van der Waals surface area (Å²) < 4.78 is 10.3. The lowest BCUT2D eigenvalue weighted by molar-refractivity contribution is -0.172. The van der Waals surface area contributed by atoms with Gasteiger partial charge >= 0.3 is 11.9 Å². The largest absolute Gasteiger partial charge is 0.466 e. The van der Waals surface area contributed by atoms with Crippen LogP contribution in [0, 0.1) is 12.5 Å². The first-order valence-electron chi connectivity index (χ1n) is 5.97. The second-order valence-corrected chi connectivity index (χ2v) is 4.34. The Kier molecular flexibility index (Phi) is 3.66. The molecule has 2 saturated heterocycles. The van der Waals surface area contributed by atoms with E-state index >= 15 is 0 Å². The molecule has 2 aliphatic heterocycles. The van der Waals surface area contributed by atoms with Gasteiger partial charge in [0, 0.05) is 19.5 Å². The van der Waals surface area contributed by atoms with Gasteiger partial charge in [-0.2, -0.15) is 0 Å². The predicted molar refractivity (Wildman–Crippen MR) is 58.6 cm³/mol. The van der Waals surface area contributed by atoms with E-state index in [1.54, 1.807) is 6.92 Å². The van der Waals surface area contributed by atoms with E-state index in [1.807, 2.05) is 4.90 Å². The van der Waals surface area contributed by atoms with E-state index in [2.05, 4.69) is 6.54 Å². The maximum atomic E-state index is 11.9. The van der Waals surface area contributed by atoms with E-state index in [4.69, 9.17) is 9.47 Å². The lowest BCUT2D eigenvalue weighted by atomic mass is 9.80. The maximum Gasteiger partial charge on any atom is 0.314 e. The summed E-state index contributed by atoms with van der Waals surface area (Å²) >= 11 is 0. The smallest absolute Gasteiger partial charge is 0.314 e. The van der Waals surface area contributed by atoms with Gasteiger partial charge in [0.15, 0.2) is 0 Å². The number of nitrogens with zero attached hydrogens (tertiary/aromatic N) is 1. The lowest BCUT2D eigenvalue weighted by Crippen LogP contribution is -2.59. The summed E-state index contributed by atoms with van der Waals surface area (Å²) in [6, 6.07) is 0.0900. The van der Waals surface area contributed by atoms with E-state index in [0.29, 0.717) is 13.0 Å². The molecule has 2 fully saturated rings. The Morgan fingerprint density at radius 1 is 1.47 bits per heavy atom. The van der Waals surface area contributed by atoms with Crippen molar-refractivity contribution in [3.05, 3.63) is 6.54 Å². The minimum Gasteiger partial charge on any atom is -0.466 e. The first kappa shape index (κ1) is 12.4. The molecule has 0 amide bonds. The Morgan fingerprint density at radius 3 is 2.76 bits per heavy atom. The average Bonchev–Trinajstić information content (AvgIpc) is 2.21. The number of ether oxygens (including phenoxy) is 2. The molecule has 17 heavy (non-hydrogen) atoms. The number of hydrogen-bond donors (Lipinski definition) is 0. The predicted octanol–water partition coefficient (Wildman–Crippen LogP) is 0.614. The molecule has 2 aliphatic rings.